The van der Waals surface area contributed by atoms with Crippen LogP contribution in [0.4, 0.5) is 0 Å². The fourth-order valence-electron chi connectivity index (χ4n) is 1.75. The number of halogens is 1. The number of thiophene rings is 1. The quantitative estimate of drug-likeness (QED) is 0.760. The van der Waals surface area contributed by atoms with Gasteiger partial charge in [-0.3, -0.25) is 0 Å². The van der Waals surface area contributed by atoms with E-state index in [1.54, 1.807) is 23.6 Å². The van der Waals surface area contributed by atoms with Crippen LogP contribution in [0.3, 0.4) is 0 Å². The molecule has 0 spiro atoms. The van der Waals surface area contributed by atoms with Crippen LogP contribution in [0.15, 0.2) is 39.3 Å². The van der Waals surface area contributed by atoms with Crippen molar-refractivity contribution in [2.24, 2.45) is 0 Å². The van der Waals surface area contributed by atoms with E-state index in [-0.39, 0.29) is 5.03 Å². The molecule has 0 aliphatic carbocycles. The molecular weight excluding hydrogens is 374 g/mol. The van der Waals surface area contributed by atoms with Crippen LogP contribution < -0.4 is 10.0 Å². The van der Waals surface area contributed by atoms with Gasteiger partial charge in [-0.15, -0.1) is 11.3 Å². The molecule has 5 nitrogen and oxygen atoms in total. The van der Waals surface area contributed by atoms with Gasteiger partial charge in [-0.05, 0) is 53.2 Å². The Morgan fingerprint density at radius 2 is 2.10 bits per heavy atom. The zero-order chi connectivity index (χ0) is 15.3. The lowest BCUT2D eigenvalue weighted by Crippen LogP contribution is -2.26. The predicted molar refractivity (Wildman–Crippen MR) is 87.9 cm³/mol. The predicted octanol–water partition coefficient (Wildman–Crippen LogP) is 2.15. The maximum atomic E-state index is 12.1. The van der Waals surface area contributed by atoms with Gasteiger partial charge in [-0.25, -0.2) is 18.1 Å². The van der Waals surface area contributed by atoms with Gasteiger partial charge in [0, 0.05) is 24.2 Å². The highest BCUT2D eigenvalue weighted by molar-refractivity contribution is 9.11. The smallest absolute Gasteiger partial charge is 0.258 e. The molecule has 0 radical (unpaired) electrons. The summed E-state index contributed by atoms with van der Waals surface area (Å²) in [4.78, 5) is 5.13. The Kier molecular flexibility index (Phi) is 5.88. The van der Waals surface area contributed by atoms with Crippen LogP contribution in [0.2, 0.25) is 0 Å². The van der Waals surface area contributed by atoms with Crippen molar-refractivity contribution in [3.63, 3.8) is 0 Å². The summed E-state index contributed by atoms with van der Waals surface area (Å²) < 4.78 is 27.8. The first-order valence-electron chi connectivity index (χ1n) is 6.34. The van der Waals surface area contributed by atoms with E-state index in [0.29, 0.717) is 19.5 Å². The lowest BCUT2D eigenvalue weighted by atomic mass is 10.3. The highest BCUT2D eigenvalue weighted by Gasteiger charge is 2.14. The normalized spacial score (nSPS) is 11.7. The zero-order valence-corrected chi connectivity index (χ0v) is 14.7. The summed E-state index contributed by atoms with van der Waals surface area (Å²) in [6.07, 6.45) is 2.23. The monoisotopic (exact) mass is 389 g/mol. The van der Waals surface area contributed by atoms with Gasteiger partial charge in [-0.2, -0.15) is 0 Å². The first-order valence-corrected chi connectivity index (χ1v) is 9.44. The standard InChI is InChI=1S/C13H16BrN3O2S2/c1-15-8-10-2-5-13(16-9-10)21(18,19)17-7-6-11-3-4-12(14)20-11/h2-5,9,15,17H,6-8H2,1H3. The third-order valence-electron chi connectivity index (χ3n) is 2.75. The minimum absolute atomic E-state index is 0.0507. The number of pyridine rings is 1. The molecule has 8 heteroatoms. The zero-order valence-electron chi connectivity index (χ0n) is 11.5. The molecule has 2 heterocycles. The molecule has 0 amide bonds. The highest BCUT2D eigenvalue weighted by Crippen LogP contribution is 2.22. The molecule has 0 aliphatic rings. The van der Waals surface area contributed by atoms with Crippen LogP contribution in [0.5, 0.6) is 0 Å². The maximum absolute atomic E-state index is 12.1. The van der Waals surface area contributed by atoms with E-state index in [0.717, 1.165) is 14.2 Å². The van der Waals surface area contributed by atoms with E-state index in [4.69, 9.17) is 0 Å². The molecule has 0 fully saturated rings. The van der Waals surface area contributed by atoms with Gasteiger partial charge >= 0.3 is 0 Å². The van der Waals surface area contributed by atoms with E-state index in [1.807, 2.05) is 19.2 Å². The van der Waals surface area contributed by atoms with Crippen LogP contribution in [0.25, 0.3) is 0 Å². The molecule has 0 atom stereocenters. The third-order valence-corrected chi connectivity index (χ3v) is 5.81. The van der Waals surface area contributed by atoms with Gasteiger partial charge in [0.15, 0.2) is 5.03 Å². The Morgan fingerprint density at radius 3 is 2.67 bits per heavy atom. The molecule has 0 aromatic carbocycles. The Hall–Kier alpha value is -0.800. The van der Waals surface area contributed by atoms with E-state index in [1.165, 1.54) is 6.07 Å². The number of rotatable bonds is 7. The second-order valence-electron chi connectivity index (χ2n) is 4.39. The lowest BCUT2D eigenvalue weighted by Gasteiger charge is -2.06. The van der Waals surface area contributed by atoms with Gasteiger partial charge in [0.1, 0.15) is 0 Å². The molecule has 2 aromatic rings. The number of hydrogen-bond acceptors (Lipinski definition) is 5. The highest BCUT2D eigenvalue weighted by atomic mass is 79.9. The van der Waals surface area contributed by atoms with Gasteiger partial charge in [0.25, 0.3) is 10.0 Å². The second-order valence-corrected chi connectivity index (χ2v) is 8.65. The van der Waals surface area contributed by atoms with Crippen molar-refractivity contribution in [2.75, 3.05) is 13.6 Å². The first-order chi connectivity index (χ1) is 10.0. The molecule has 0 bridgehead atoms. The number of hydrogen-bond donors (Lipinski definition) is 2. The summed E-state index contributed by atoms with van der Waals surface area (Å²) in [5.74, 6) is 0. The van der Waals surface area contributed by atoms with E-state index in [2.05, 4.69) is 31.0 Å². The van der Waals surface area contributed by atoms with E-state index < -0.39 is 10.0 Å². The van der Waals surface area contributed by atoms with Gasteiger partial charge in [0.2, 0.25) is 0 Å². The molecule has 114 valence electrons. The maximum Gasteiger partial charge on any atom is 0.258 e. The largest absolute Gasteiger partial charge is 0.316 e. The first kappa shape index (κ1) is 16.6. The van der Waals surface area contributed by atoms with Crippen molar-refractivity contribution in [3.05, 3.63) is 44.7 Å². The van der Waals surface area contributed by atoms with Gasteiger partial charge in [-0.1, -0.05) is 6.07 Å². The molecule has 0 aliphatic heterocycles. The van der Waals surface area contributed by atoms with Crippen molar-refractivity contribution < 1.29 is 8.42 Å². The molecule has 0 saturated carbocycles. The number of aromatic nitrogens is 1. The summed E-state index contributed by atoms with van der Waals surface area (Å²) >= 11 is 4.99. The molecule has 0 saturated heterocycles. The van der Waals surface area contributed by atoms with Gasteiger partial charge < -0.3 is 5.32 Å². The van der Waals surface area contributed by atoms with Crippen LogP contribution in [-0.4, -0.2) is 27.0 Å². The van der Waals surface area contributed by atoms with Gasteiger partial charge in [0.05, 0.1) is 3.79 Å². The van der Waals surface area contributed by atoms with E-state index >= 15 is 0 Å². The fourth-order valence-corrected chi connectivity index (χ4v) is 4.19. The Labute approximate surface area is 137 Å². The summed E-state index contributed by atoms with van der Waals surface area (Å²) in [6, 6.07) is 7.22. The number of sulfonamides is 1. The van der Waals surface area contributed by atoms with Crippen LogP contribution >= 0.6 is 27.3 Å². The molecule has 2 rings (SSSR count). The minimum atomic E-state index is -3.54. The van der Waals surface area contributed by atoms with Crippen molar-refractivity contribution in [3.8, 4) is 0 Å². The third kappa shape index (κ3) is 4.86. The summed E-state index contributed by atoms with van der Waals surface area (Å²) in [5, 5.41) is 3.04. The average molecular weight is 390 g/mol. The second kappa shape index (κ2) is 7.46. The van der Waals surface area contributed by atoms with Crippen molar-refractivity contribution in [2.45, 2.75) is 18.0 Å². The van der Waals surface area contributed by atoms with Crippen LogP contribution in [-0.2, 0) is 23.0 Å². The van der Waals surface area contributed by atoms with Crippen molar-refractivity contribution in [1.82, 2.24) is 15.0 Å². The molecule has 21 heavy (non-hydrogen) atoms. The number of nitrogens with zero attached hydrogens (tertiary/aromatic N) is 1. The van der Waals surface area contributed by atoms with Crippen LogP contribution in [0.1, 0.15) is 10.4 Å². The number of nitrogens with one attached hydrogen (secondary N) is 2. The van der Waals surface area contributed by atoms with Crippen LogP contribution in [0, 0.1) is 0 Å². The van der Waals surface area contributed by atoms with Crippen molar-refractivity contribution >= 4 is 37.3 Å². The summed E-state index contributed by atoms with van der Waals surface area (Å²) in [7, 11) is -1.72. The van der Waals surface area contributed by atoms with Crippen molar-refractivity contribution in [1.29, 1.82) is 0 Å². The minimum Gasteiger partial charge on any atom is -0.316 e. The topological polar surface area (TPSA) is 71.1 Å². The summed E-state index contributed by atoms with van der Waals surface area (Å²) in [5.41, 5.74) is 0.944. The molecule has 0 unspecified atom stereocenters. The lowest BCUT2D eigenvalue weighted by molar-refractivity contribution is 0.577. The Balaban J connectivity index is 1.94. The Morgan fingerprint density at radius 1 is 1.29 bits per heavy atom. The average Bonchev–Trinajstić information content (AvgIpc) is 2.85. The fraction of sp³-hybridized carbons (Fsp3) is 0.308. The summed E-state index contributed by atoms with van der Waals surface area (Å²) in [6.45, 7) is 1.02. The molecule has 2 N–H and O–H groups in total. The van der Waals surface area contributed by atoms with E-state index in [9.17, 15) is 8.42 Å². The Bertz CT molecular complexity index is 684. The SMILES string of the molecule is CNCc1ccc(S(=O)(=O)NCCc2ccc(Br)s2)nc1. The molecular formula is C13H16BrN3O2S2. The molecule has 2 aromatic heterocycles.